The number of rotatable bonds is 5. The van der Waals surface area contributed by atoms with E-state index in [9.17, 15) is 8.78 Å². The zero-order valence-corrected chi connectivity index (χ0v) is 17.4. The Kier molecular flexibility index (Phi) is 6.23. The molecule has 8 heteroatoms. The molecule has 1 unspecified atom stereocenters. The van der Waals surface area contributed by atoms with Crippen molar-refractivity contribution in [1.82, 2.24) is 15.6 Å². The first-order valence-electron chi connectivity index (χ1n) is 9.79. The van der Waals surface area contributed by atoms with Crippen molar-refractivity contribution in [3.63, 3.8) is 0 Å². The van der Waals surface area contributed by atoms with Gasteiger partial charge in [0.2, 0.25) is 0 Å². The summed E-state index contributed by atoms with van der Waals surface area (Å²) in [5.41, 5.74) is 2.48. The molecule has 1 atom stereocenters. The Morgan fingerprint density at radius 2 is 2.07 bits per heavy atom. The van der Waals surface area contributed by atoms with Gasteiger partial charge in [-0.25, -0.2) is 13.8 Å². The number of benzene rings is 2. The second kappa shape index (κ2) is 9.21. The molecule has 1 aromatic heterocycles. The van der Waals surface area contributed by atoms with Gasteiger partial charge >= 0.3 is 0 Å². The Balaban J connectivity index is 1.31. The maximum Gasteiger partial charge on any atom is 0.191 e. The lowest BCUT2D eigenvalue weighted by atomic mass is 10.2. The summed E-state index contributed by atoms with van der Waals surface area (Å²) in [6.07, 6.45) is 0.840. The van der Waals surface area contributed by atoms with Crippen molar-refractivity contribution < 1.29 is 8.78 Å². The van der Waals surface area contributed by atoms with Gasteiger partial charge in [0.05, 0.1) is 17.9 Å². The molecule has 0 radical (unpaired) electrons. The van der Waals surface area contributed by atoms with Gasteiger partial charge in [-0.15, -0.1) is 11.3 Å². The third-order valence-electron chi connectivity index (χ3n) is 5.01. The minimum absolute atomic E-state index is 0.121. The van der Waals surface area contributed by atoms with Crippen molar-refractivity contribution in [2.45, 2.75) is 19.0 Å². The molecule has 30 heavy (non-hydrogen) atoms. The highest BCUT2D eigenvalue weighted by atomic mass is 32.1. The first kappa shape index (κ1) is 20.3. The van der Waals surface area contributed by atoms with Crippen LogP contribution in [0.25, 0.3) is 10.6 Å². The topological polar surface area (TPSA) is 52.6 Å². The molecule has 2 heterocycles. The maximum absolute atomic E-state index is 14.0. The molecule has 4 rings (SSSR count). The normalized spacial score (nSPS) is 16.7. The number of halogens is 2. The number of thiazole rings is 1. The van der Waals surface area contributed by atoms with Gasteiger partial charge in [0.25, 0.3) is 0 Å². The van der Waals surface area contributed by atoms with Crippen molar-refractivity contribution >= 4 is 23.0 Å². The first-order valence-corrected chi connectivity index (χ1v) is 10.7. The third kappa shape index (κ3) is 4.76. The molecule has 3 aromatic rings. The Labute approximate surface area is 178 Å². The minimum atomic E-state index is -0.563. The van der Waals surface area contributed by atoms with Gasteiger partial charge in [-0.1, -0.05) is 30.3 Å². The fraction of sp³-hybridized carbons (Fsp3) is 0.273. The highest BCUT2D eigenvalue weighted by molar-refractivity contribution is 7.13. The van der Waals surface area contributed by atoms with E-state index in [1.54, 1.807) is 18.4 Å². The fourth-order valence-corrected chi connectivity index (χ4v) is 4.32. The van der Waals surface area contributed by atoms with Gasteiger partial charge in [0.1, 0.15) is 16.6 Å². The molecule has 1 fully saturated rings. The molecule has 156 valence electrons. The van der Waals surface area contributed by atoms with E-state index < -0.39 is 11.6 Å². The molecule has 1 saturated heterocycles. The number of hydrogen-bond acceptors (Lipinski definition) is 4. The number of guanidine groups is 1. The summed E-state index contributed by atoms with van der Waals surface area (Å²) < 4.78 is 27.2. The second-order valence-electron chi connectivity index (χ2n) is 7.11. The number of aliphatic imine (C=N–C) groups is 1. The van der Waals surface area contributed by atoms with E-state index in [1.807, 2.05) is 40.6 Å². The van der Waals surface area contributed by atoms with Crippen LogP contribution in [-0.4, -0.2) is 37.1 Å². The molecule has 0 amide bonds. The Bertz CT molecular complexity index is 1020. The number of anilines is 1. The van der Waals surface area contributed by atoms with Crippen LogP contribution >= 0.6 is 11.3 Å². The first-order chi connectivity index (χ1) is 14.6. The second-order valence-corrected chi connectivity index (χ2v) is 7.97. The highest BCUT2D eigenvalue weighted by Crippen LogP contribution is 2.25. The van der Waals surface area contributed by atoms with E-state index in [0.29, 0.717) is 31.3 Å². The lowest BCUT2D eigenvalue weighted by molar-refractivity contribution is 0.580. The summed E-state index contributed by atoms with van der Waals surface area (Å²) in [5, 5.41) is 9.70. The predicted octanol–water partition coefficient (Wildman–Crippen LogP) is 4.03. The summed E-state index contributed by atoms with van der Waals surface area (Å²) in [6.45, 7) is 1.88. The molecular weight excluding hydrogens is 404 g/mol. The number of hydrogen-bond donors (Lipinski definition) is 2. The van der Waals surface area contributed by atoms with Crippen LogP contribution in [0.15, 0.2) is 58.9 Å². The van der Waals surface area contributed by atoms with Crippen molar-refractivity contribution in [2.75, 3.05) is 25.0 Å². The van der Waals surface area contributed by atoms with Crippen LogP contribution in [-0.2, 0) is 6.54 Å². The molecule has 2 aromatic carbocycles. The standard InChI is InChI=1S/C22H23F2N5S/c1-25-22(26-12-18-14-30-21(27-18)15-5-3-2-4-6-15)28-17-9-10-29(13-17)20-8-7-16(23)11-19(20)24/h2-8,11,14,17H,9-10,12-13H2,1H3,(H2,25,26,28). The van der Waals surface area contributed by atoms with E-state index in [2.05, 4.69) is 20.6 Å². The SMILES string of the molecule is CN=C(NCc1csc(-c2ccccc2)n1)NC1CCN(c2ccc(F)cc2F)C1. The van der Waals surface area contributed by atoms with Crippen LogP contribution in [0.4, 0.5) is 14.5 Å². The van der Waals surface area contributed by atoms with E-state index in [4.69, 9.17) is 0 Å². The molecule has 5 nitrogen and oxygen atoms in total. The van der Waals surface area contributed by atoms with E-state index in [1.165, 1.54) is 12.1 Å². The Morgan fingerprint density at radius 3 is 2.83 bits per heavy atom. The lowest BCUT2D eigenvalue weighted by Crippen LogP contribution is -2.44. The van der Waals surface area contributed by atoms with Crippen molar-refractivity contribution in [2.24, 2.45) is 4.99 Å². The van der Waals surface area contributed by atoms with E-state index >= 15 is 0 Å². The van der Waals surface area contributed by atoms with Gasteiger partial charge in [-0.05, 0) is 18.6 Å². The largest absolute Gasteiger partial charge is 0.367 e. The zero-order chi connectivity index (χ0) is 20.9. The molecule has 0 saturated carbocycles. The van der Waals surface area contributed by atoms with E-state index in [-0.39, 0.29) is 6.04 Å². The minimum Gasteiger partial charge on any atom is -0.367 e. The van der Waals surface area contributed by atoms with Crippen LogP contribution in [0.2, 0.25) is 0 Å². The number of nitrogens with one attached hydrogen (secondary N) is 2. The Morgan fingerprint density at radius 1 is 1.23 bits per heavy atom. The average Bonchev–Trinajstić information content (AvgIpc) is 3.41. The van der Waals surface area contributed by atoms with Gasteiger partial charge in [-0.2, -0.15) is 0 Å². The van der Waals surface area contributed by atoms with Gasteiger partial charge < -0.3 is 15.5 Å². The summed E-state index contributed by atoms with van der Waals surface area (Å²) in [5.74, 6) is -0.418. The number of aromatic nitrogens is 1. The maximum atomic E-state index is 14.0. The summed E-state index contributed by atoms with van der Waals surface area (Å²) in [4.78, 5) is 10.9. The van der Waals surface area contributed by atoms with E-state index in [0.717, 1.165) is 28.8 Å². The molecular formula is C22H23F2N5S. The number of nitrogens with zero attached hydrogens (tertiary/aromatic N) is 3. The monoisotopic (exact) mass is 427 g/mol. The lowest BCUT2D eigenvalue weighted by Gasteiger charge is -2.20. The average molecular weight is 428 g/mol. The predicted molar refractivity (Wildman–Crippen MR) is 118 cm³/mol. The van der Waals surface area contributed by atoms with Crippen LogP contribution < -0.4 is 15.5 Å². The van der Waals surface area contributed by atoms with Crippen molar-refractivity contribution in [3.05, 3.63) is 71.2 Å². The summed E-state index contributed by atoms with van der Waals surface area (Å²) >= 11 is 1.61. The quantitative estimate of drug-likeness (QED) is 0.477. The molecule has 0 bridgehead atoms. The molecule has 1 aliphatic heterocycles. The molecule has 1 aliphatic rings. The summed E-state index contributed by atoms with van der Waals surface area (Å²) in [7, 11) is 1.72. The summed E-state index contributed by atoms with van der Waals surface area (Å²) in [6, 6.07) is 13.9. The highest BCUT2D eigenvalue weighted by Gasteiger charge is 2.25. The van der Waals surface area contributed by atoms with Gasteiger partial charge in [-0.3, -0.25) is 4.99 Å². The van der Waals surface area contributed by atoms with Crippen molar-refractivity contribution in [3.8, 4) is 10.6 Å². The fourth-order valence-electron chi connectivity index (χ4n) is 3.50. The van der Waals surface area contributed by atoms with Gasteiger partial charge in [0, 0.05) is 43.2 Å². The van der Waals surface area contributed by atoms with Crippen LogP contribution in [0.5, 0.6) is 0 Å². The molecule has 0 spiro atoms. The van der Waals surface area contributed by atoms with Crippen LogP contribution in [0.3, 0.4) is 0 Å². The smallest absolute Gasteiger partial charge is 0.191 e. The zero-order valence-electron chi connectivity index (χ0n) is 16.6. The van der Waals surface area contributed by atoms with Crippen LogP contribution in [0.1, 0.15) is 12.1 Å². The third-order valence-corrected chi connectivity index (χ3v) is 5.95. The Hall–Kier alpha value is -3.00. The van der Waals surface area contributed by atoms with Gasteiger partial charge in [0.15, 0.2) is 5.96 Å². The van der Waals surface area contributed by atoms with Crippen molar-refractivity contribution in [1.29, 1.82) is 0 Å². The molecule has 2 N–H and O–H groups in total. The molecule has 0 aliphatic carbocycles. The van der Waals surface area contributed by atoms with Crippen LogP contribution in [0, 0.1) is 11.6 Å².